The Morgan fingerprint density at radius 2 is 1.94 bits per heavy atom. The van der Waals surface area contributed by atoms with Crippen LogP contribution in [0.15, 0.2) is 30.3 Å². The second-order valence-electron chi connectivity index (χ2n) is 4.58. The van der Waals surface area contributed by atoms with Gasteiger partial charge in [0.05, 0.1) is 13.0 Å². The van der Waals surface area contributed by atoms with Gasteiger partial charge in [0, 0.05) is 0 Å². The van der Waals surface area contributed by atoms with Gasteiger partial charge in [0.25, 0.3) is 0 Å². The van der Waals surface area contributed by atoms with Gasteiger partial charge in [0.1, 0.15) is 0 Å². The highest BCUT2D eigenvalue weighted by Crippen LogP contribution is 2.43. The Morgan fingerprint density at radius 3 is 2.56 bits per heavy atom. The first kappa shape index (κ1) is 11.2. The normalized spacial score (nSPS) is 29.0. The van der Waals surface area contributed by atoms with Crippen LogP contribution < -0.4 is 0 Å². The van der Waals surface area contributed by atoms with Crippen LogP contribution in [0.1, 0.15) is 31.2 Å². The topological polar surface area (TPSA) is 26.3 Å². The van der Waals surface area contributed by atoms with Crippen LogP contribution in [0.2, 0.25) is 0 Å². The quantitative estimate of drug-likeness (QED) is 0.713. The van der Waals surface area contributed by atoms with Crippen LogP contribution >= 0.6 is 0 Å². The minimum absolute atomic E-state index is 0.0501. The number of methoxy groups -OCH3 is 1. The van der Waals surface area contributed by atoms with Crippen molar-refractivity contribution in [2.75, 3.05) is 7.11 Å². The molecule has 2 heteroatoms. The van der Waals surface area contributed by atoms with Crippen molar-refractivity contribution in [1.29, 1.82) is 0 Å². The summed E-state index contributed by atoms with van der Waals surface area (Å²) in [6, 6.07) is 10.5. The molecule has 16 heavy (non-hydrogen) atoms. The molecule has 1 aromatic rings. The number of hydrogen-bond donors (Lipinski definition) is 0. The van der Waals surface area contributed by atoms with Crippen molar-refractivity contribution in [3.63, 3.8) is 0 Å². The smallest absolute Gasteiger partial charge is 0.308 e. The van der Waals surface area contributed by atoms with Gasteiger partial charge in [-0.3, -0.25) is 4.79 Å². The van der Waals surface area contributed by atoms with Crippen molar-refractivity contribution in [2.24, 2.45) is 11.8 Å². The van der Waals surface area contributed by atoms with Gasteiger partial charge >= 0.3 is 5.97 Å². The van der Waals surface area contributed by atoms with Crippen molar-refractivity contribution in [1.82, 2.24) is 0 Å². The van der Waals surface area contributed by atoms with Crippen LogP contribution in [0.5, 0.6) is 0 Å². The third-order valence-corrected chi connectivity index (χ3v) is 3.79. The van der Waals surface area contributed by atoms with Crippen LogP contribution in [0.4, 0.5) is 0 Å². The minimum Gasteiger partial charge on any atom is -0.469 e. The third kappa shape index (κ3) is 1.97. The predicted molar refractivity (Wildman–Crippen MR) is 63.1 cm³/mol. The molecule has 0 radical (unpaired) electrons. The van der Waals surface area contributed by atoms with Gasteiger partial charge in [-0.1, -0.05) is 37.3 Å². The van der Waals surface area contributed by atoms with Crippen LogP contribution in [-0.4, -0.2) is 13.1 Å². The molecular formula is C14H18O2. The lowest BCUT2D eigenvalue weighted by molar-refractivity contribution is -0.146. The summed E-state index contributed by atoms with van der Waals surface area (Å²) >= 11 is 0. The number of esters is 1. The Labute approximate surface area is 96.6 Å². The van der Waals surface area contributed by atoms with E-state index in [4.69, 9.17) is 4.74 Å². The fraction of sp³-hybridized carbons (Fsp3) is 0.500. The van der Waals surface area contributed by atoms with Gasteiger partial charge in [-0.15, -0.1) is 0 Å². The van der Waals surface area contributed by atoms with Crippen molar-refractivity contribution in [3.8, 4) is 0 Å². The Morgan fingerprint density at radius 1 is 1.25 bits per heavy atom. The average Bonchev–Trinajstić information content (AvgIpc) is 2.71. The Hall–Kier alpha value is -1.31. The molecule has 0 aromatic heterocycles. The zero-order valence-corrected chi connectivity index (χ0v) is 9.85. The number of ether oxygens (including phenoxy) is 1. The summed E-state index contributed by atoms with van der Waals surface area (Å²) in [5.41, 5.74) is 1.35. The molecule has 1 aliphatic carbocycles. The Bertz CT molecular complexity index is 358. The maximum atomic E-state index is 11.6. The first-order valence-electron chi connectivity index (χ1n) is 5.87. The fourth-order valence-corrected chi connectivity index (χ4v) is 2.82. The molecule has 1 fully saturated rings. The lowest BCUT2D eigenvalue weighted by Crippen LogP contribution is -2.20. The summed E-state index contributed by atoms with van der Waals surface area (Å²) in [5.74, 6) is 0.918. The molecule has 2 rings (SSSR count). The van der Waals surface area contributed by atoms with E-state index < -0.39 is 0 Å². The monoisotopic (exact) mass is 218 g/mol. The second kappa shape index (κ2) is 4.69. The highest BCUT2D eigenvalue weighted by atomic mass is 16.5. The molecule has 3 atom stereocenters. The Kier molecular flexibility index (Phi) is 3.28. The van der Waals surface area contributed by atoms with Crippen molar-refractivity contribution < 1.29 is 9.53 Å². The standard InChI is InChI=1S/C14H18O2/c1-10-12(11-6-4-3-5-7-11)8-9-13(10)14(15)16-2/h3-7,10,12-13H,8-9H2,1-2H3/t10-,12+,13-/m1/s1. The molecule has 0 saturated heterocycles. The van der Waals surface area contributed by atoms with E-state index in [0.717, 1.165) is 12.8 Å². The highest BCUT2D eigenvalue weighted by Gasteiger charge is 2.38. The van der Waals surface area contributed by atoms with Crippen molar-refractivity contribution in [2.45, 2.75) is 25.7 Å². The molecule has 0 bridgehead atoms. The number of rotatable bonds is 2. The number of carbonyl (C=O) groups excluding carboxylic acids is 1. The molecule has 0 heterocycles. The lowest BCUT2D eigenvalue weighted by atomic mass is 9.86. The summed E-state index contributed by atoms with van der Waals surface area (Å²) in [6.45, 7) is 2.16. The number of benzene rings is 1. The van der Waals surface area contributed by atoms with Crippen molar-refractivity contribution in [3.05, 3.63) is 35.9 Å². The van der Waals surface area contributed by atoms with Crippen LogP contribution in [0.3, 0.4) is 0 Å². The molecule has 0 amide bonds. The SMILES string of the molecule is COC(=O)[C@@H]1CC[C@H](c2ccccc2)[C@H]1C. The van der Waals surface area contributed by atoms with E-state index in [2.05, 4.69) is 31.2 Å². The van der Waals surface area contributed by atoms with Crippen LogP contribution in [0, 0.1) is 11.8 Å². The molecule has 0 spiro atoms. The molecule has 0 unspecified atom stereocenters. The first-order chi connectivity index (χ1) is 7.74. The highest BCUT2D eigenvalue weighted by molar-refractivity contribution is 5.73. The van der Waals surface area contributed by atoms with Crippen LogP contribution in [-0.2, 0) is 9.53 Å². The first-order valence-corrected chi connectivity index (χ1v) is 5.87. The summed E-state index contributed by atoms with van der Waals surface area (Å²) in [4.78, 5) is 11.6. The van der Waals surface area contributed by atoms with E-state index >= 15 is 0 Å². The Balaban J connectivity index is 2.13. The maximum absolute atomic E-state index is 11.6. The average molecular weight is 218 g/mol. The van der Waals surface area contributed by atoms with E-state index in [-0.39, 0.29) is 11.9 Å². The van der Waals surface area contributed by atoms with Crippen LogP contribution in [0.25, 0.3) is 0 Å². The molecule has 86 valence electrons. The molecular weight excluding hydrogens is 200 g/mol. The van der Waals surface area contributed by atoms with E-state index in [1.165, 1.54) is 12.7 Å². The van der Waals surface area contributed by atoms with Gasteiger partial charge in [0.2, 0.25) is 0 Å². The summed E-state index contributed by atoms with van der Waals surface area (Å²) in [6.07, 6.45) is 2.04. The summed E-state index contributed by atoms with van der Waals surface area (Å²) < 4.78 is 4.85. The molecule has 0 aliphatic heterocycles. The van der Waals surface area contributed by atoms with Gasteiger partial charge < -0.3 is 4.74 Å². The van der Waals surface area contributed by atoms with E-state index in [9.17, 15) is 4.79 Å². The van der Waals surface area contributed by atoms with Gasteiger partial charge in [-0.05, 0) is 30.2 Å². The fourth-order valence-electron chi connectivity index (χ4n) is 2.82. The lowest BCUT2D eigenvalue weighted by Gasteiger charge is -2.19. The molecule has 1 aromatic carbocycles. The second-order valence-corrected chi connectivity index (χ2v) is 4.58. The summed E-state index contributed by atoms with van der Waals surface area (Å²) in [5, 5.41) is 0. The maximum Gasteiger partial charge on any atom is 0.308 e. The third-order valence-electron chi connectivity index (χ3n) is 3.79. The van der Waals surface area contributed by atoms with Crippen molar-refractivity contribution >= 4 is 5.97 Å². The predicted octanol–water partition coefficient (Wildman–Crippen LogP) is 2.99. The largest absolute Gasteiger partial charge is 0.469 e. The molecule has 0 N–H and O–H groups in total. The van der Waals surface area contributed by atoms with E-state index in [1.807, 2.05) is 6.07 Å². The van der Waals surface area contributed by atoms with E-state index in [1.54, 1.807) is 0 Å². The van der Waals surface area contributed by atoms with Gasteiger partial charge in [-0.25, -0.2) is 0 Å². The molecule has 1 aliphatic rings. The zero-order valence-electron chi connectivity index (χ0n) is 9.85. The minimum atomic E-state index is -0.0501. The van der Waals surface area contributed by atoms with E-state index in [0.29, 0.717) is 11.8 Å². The summed E-state index contributed by atoms with van der Waals surface area (Å²) in [7, 11) is 1.48. The molecule has 2 nitrogen and oxygen atoms in total. The number of hydrogen-bond acceptors (Lipinski definition) is 2. The van der Waals surface area contributed by atoms with Gasteiger partial charge in [0.15, 0.2) is 0 Å². The zero-order chi connectivity index (χ0) is 11.5. The van der Waals surface area contributed by atoms with Gasteiger partial charge in [-0.2, -0.15) is 0 Å². The number of carbonyl (C=O) groups is 1. The molecule has 1 saturated carbocycles.